The van der Waals surface area contributed by atoms with Crippen LogP contribution < -0.4 is 4.74 Å². The molecule has 0 fully saturated rings. The van der Waals surface area contributed by atoms with Gasteiger partial charge in [0.15, 0.2) is 0 Å². The van der Waals surface area contributed by atoms with Crippen molar-refractivity contribution >= 4 is 11.6 Å². The van der Waals surface area contributed by atoms with Gasteiger partial charge in [0.05, 0.1) is 12.0 Å². The van der Waals surface area contributed by atoms with Crippen molar-refractivity contribution in [2.24, 2.45) is 0 Å². The summed E-state index contributed by atoms with van der Waals surface area (Å²) < 4.78 is 7.57. The fourth-order valence-corrected chi connectivity index (χ4v) is 2.10. The smallest absolute Gasteiger partial charge is 0.119 e. The summed E-state index contributed by atoms with van der Waals surface area (Å²) in [4.78, 5) is 0. The molecule has 114 valence electrons. The summed E-state index contributed by atoms with van der Waals surface area (Å²) in [5, 5.41) is 8.12. The molecule has 5 heteroatoms. The Morgan fingerprint density at radius 1 is 1.29 bits per heavy atom. The van der Waals surface area contributed by atoms with Crippen molar-refractivity contribution in [1.82, 2.24) is 15.0 Å². The Balaban J connectivity index is 1.76. The molecule has 0 spiro atoms. The molecule has 0 aliphatic heterocycles. The molecule has 0 N–H and O–H groups in total. The molecule has 0 saturated carbocycles. The van der Waals surface area contributed by atoms with Crippen molar-refractivity contribution in [1.29, 1.82) is 0 Å². The third-order valence-corrected chi connectivity index (χ3v) is 4.05. The number of aryl methyl sites for hydroxylation is 3. The lowest BCUT2D eigenvalue weighted by Crippen LogP contribution is -2.05. The van der Waals surface area contributed by atoms with Gasteiger partial charge in [-0.25, -0.2) is 0 Å². The lowest BCUT2D eigenvalue weighted by Gasteiger charge is -2.08. The van der Waals surface area contributed by atoms with Crippen LogP contribution in [-0.2, 0) is 6.54 Å². The molecular weight excluding hydrogens is 286 g/mol. The molecule has 1 aromatic heterocycles. The normalized spacial score (nSPS) is 12.4. The van der Waals surface area contributed by atoms with Crippen LogP contribution in [0.15, 0.2) is 24.4 Å². The zero-order valence-electron chi connectivity index (χ0n) is 12.8. The molecule has 0 amide bonds. The summed E-state index contributed by atoms with van der Waals surface area (Å²) in [7, 11) is 0. The van der Waals surface area contributed by atoms with Crippen LogP contribution in [0, 0.1) is 13.8 Å². The molecule has 0 aliphatic carbocycles. The van der Waals surface area contributed by atoms with E-state index in [0.717, 1.165) is 30.8 Å². The van der Waals surface area contributed by atoms with Crippen LogP contribution in [0.1, 0.15) is 42.0 Å². The maximum Gasteiger partial charge on any atom is 0.119 e. The fourth-order valence-electron chi connectivity index (χ4n) is 2.00. The highest BCUT2D eigenvalue weighted by atomic mass is 35.5. The maximum atomic E-state index is 6.13. The quantitative estimate of drug-likeness (QED) is 0.572. The van der Waals surface area contributed by atoms with Crippen LogP contribution in [0.25, 0.3) is 0 Å². The van der Waals surface area contributed by atoms with Crippen molar-refractivity contribution in [3.05, 3.63) is 41.2 Å². The van der Waals surface area contributed by atoms with Gasteiger partial charge in [-0.3, -0.25) is 4.68 Å². The lowest BCUT2D eigenvalue weighted by atomic mass is 10.1. The second kappa shape index (κ2) is 7.46. The average Bonchev–Trinajstić information content (AvgIpc) is 2.95. The van der Waals surface area contributed by atoms with Crippen molar-refractivity contribution < 1.29 is 4.74 Å². The summed E-state index contributed by atoms with van der Waals surface area (Å²) >= 11 is 6.13. The Morgan fingerprint density at radius 3 is 2.81 bits per heavy atom. The van der Waals surface area contributed by atoms with E-state index in [2.05, 4.69) is 36.3 Å². The van der Waals surface area contributed by atoms with E-state index in [-0.39, 0.29) is 5.38 Å². The minimum Gasteiger partial charge on any atom is -0.494 e. The largest absolute Gasteiger partial charge is 0.494 e. The molecule has 0 radical (unpaired) electrons. The summed E-state index contributed by atoms with van der Waals surface area (Å²) in [6.07, 6.45) is 3.65. The first kappa shape index (κ1) is 15.8. The topological polar surface area (TPSA) is 39.9 Å². The summed E-state index contributed by atoms with van der Waals surface area (Å²) in [6, 6.07) is 6.16. The van der Waals surface area contributed by atoms with E-state index < -0.39 is 0 Å². The van der Waals surface area contributed by atoms with Gasteiger partial charge in [-0.1, -0.05) is 18.2 Å². The van der Waals surface area contributed by atoms with Gasteiger partial charge in [0.25, 0.3) is 0 Å². The van der Waals surface area contributed by atoms with Crippen LogP contribution >= 0.6 is 11.6 Å². The Bertz CT molecular complexity index is 583. The van der Waals surface area contributed by atoms with Crippen LogP contribution in [0.4, 0.5) is 0 Å². The van der Waals surface area contributed by atoms with E-state index in [1.807, 2.05) is 23.9 Å². The number of hydrogen-bond donors (Lipinski definition) is 0. The van der Waals surface area contributed by atoms with Crippen LogP contribution in [0.5, 0.6) is 5.75 Å². The van der Waals surface area contributed by atoms with Crippen molar-refractivity contribution in [2.45, 2.75) is 45.5 Å². The Morgan fingerprint density at radius 2 is 2.10 bits per heavy atom. The van der Waals surface area contributed by atoms with Gasteiger partial charge < -0.3 is 4.74 Å². The fraction of sp³-hybridized carbons (Fsp3) is 0.500. The number of halogens is 1. The molecule has 0 bridgehead atoms. The van der Waals surface area contributed by atoms with Gasteiger partial charge in [0.2, 0.25) is 0 Å². The minimum atomic E-state index is -0.0504. The molecule has 1 unspecified atom stereocenters. The second-order valence-corrected chi connectivity index (χ2v) is 5.76. The first-order chi connectivity index (χ1) is 10.1. The molecule has 1 atom stereocenters. The standard InChI is InChI=1S/C16H22ClN3O/c1-4-15(17)16-11-20(19-18-16)8-5-9-21-14-7-6-12(2)13(3)10-14/h6-7,10-11,15H,4-5,8-9H2,1-3H3. The number of aromatic nitrogens is 3. The molecule has 4 nitrogen and oxygen atoms in total. The van der Waals surface area contributed by atoms with E-state index in [1.54, 1.807) is 0 Å². The first-order valence-electron chi connectivity index (χ1n) is 7.34. The van der Waals surface area contributed by atoms with Crippen LogP contribution in [0.3, 0.4) is 0 Å². The zero-order valence-corrected chi connectivity index (χ0v) is 13.6. The molecule has 0 aliphatic rings. The van der Waals surface area contributed by atoms with E-state index in [4.69, 9.17) is 16.3 Å². The maximum absolute atomic E-state index is 6.13. The minimum absolute atomic E-state index is 0.0504. The highest BCUT2D eigenvalue weighted by Crippen LogP contribution is 2.20. The molecule has 2 aromatic rings. The van der Waals surface area contributed by atoms with E-state index in [1.165, 1.54) is 11.1 Å². The monoisotopic (exact) mass is 307 g/mol. The van der Waals surface area contributed by atoms with Crippen LogP contribution in [-0.4, -0.2) is 21.6 Å². The third kappa shape index (κ3) is 4.46. The van der Waals surface area contributed by atoms with Gasteiger partial charge in [0.1, 0.15) is 11.4 Å². The summed E-state index contributed by atoms with van der Waals surface area (Å²) in [5.41, 5.74) is 3.37. The summed E-state index contributed by atoms with van der Waals surface area (Å²) in [6.45, 7) is 7.67. The molecule has 1 heterocycles. The van der Waals surface area contributed by atoms with Crippen molar-refractivity contribution in [3.8, 4) is 5.75 Å². The Labute approximate surface area is 131 Å². The first-order valence-corrected chi connectivity index (χ1v) is 7.78. The van der Waals surface area contributed by atoms with E-state index in [0.29, 0.717) is 6.61 Å². The van der Waals surface area contributed by atoms with Gasteiger partial charge in [0, 0.05) is 19.2 Å². The molecule has 1 aromatic carbocycles. The Kier molecular flexibility index (Phi) is 5.62. The van der Waals surface area contributed by atoms with Gasteiger partial charge in [-0.15, -0.1) is 16.7 Å². The van der Waals surface area contributed by atoms with E-state index >= 15 is 0 Å². The lowest BCUT2D eigenvalue weighted by molar-refractivity contribution is 0.297. The number of nitrogens with zero attached hydrogens (tertiary/aromatic N) is 3. The number of benzene rings is 1. The Hall–Kier alpha value is -1.55. The number of rotatable bonds is 7. The number of alkyl halides is 1. The molecular formula is C16H22ClN3O. The predicted octanol–water partition coefficient (Wildman–Crippen LogP) is 4.05. The van der Waals surface area contributed by atoms with Gasteiger partial charge in [-0.05, 0) is 43.5 Å². The average molecular weight is 308 g/mol. The summed E-state index contributed by atoms with van der Waals surface area (Å²) in [5.74, 6) is 0.921. The van der Waals surface area contributed by atoms with Gasteiger partial charge in [-0.2, -0.15) is 0 Å². The van der Waals surface area contributed by atoms with E-state index in [9.17, 15) is 0 Å². The highest BCUT2D eigenvalue weighted by Gasteiger charge is 2.09. The van der Waals surface area contributed by atoms with Crippen molar-refractivity contribution in [3.63, 3.8) is 0 Å². The third-order valence-electron chi connectivity index (χ3n) is 3.51. The molecule has 21 heavy (non-hydrogen) atoms. The molecule has 2 rings (SSSR count). The van der Waals surface area contributed by atoms with Crippen molar-refractivity contribution in [2.75, 3.05) is 6.61 Å². The molecule has 0 saturated heterocycles. The van der Waals surface area contributed by atoms with Gasteiger partial charge >= 0.3 is 0 Å². The number of hydrogen-bond acceptors (Lipinski definition) is 3. The zero-order chi connectivity index (χ0) is 15.2. The predicted molar refractivity (Wildman–Crippen MR) is 84.9 cm³/mol. The SMILES string of the molecule is CCC(Cl)c1cn(CCCOc2ccc(C)c(C)c2)nn1. The van der Waals surface area contributed by atoms with Crippen LogP contribution in [0.2, 0.25) is 0 Å². The second-order valence-electron chi connectivity index (χ2n) is 5.23. The number of ether oxygens (including phenoxy) is 1. The highest BCUT2D eigenvalue weighted by molar-refractivity contribution is 6.20.